The molecule has 23 heavy (non-hydrogen) atoms. The molecule has 0 atom stereocenters. The number of hydrogen-bond donors (Lipinski definition) is 1. The minimum absolute atomic E-state index is 0.298. The smallest absolute Gasteiger partial charge is 0.298 e. The van der Waals surface area contributed by atoms with Crippen LogP contribution in [0.5, 0.6) is 0 Å². The van der Waals surface area contributed by atoms with Crippen molar-refractivity contribution in [3.05, 3.63) is 62.7 Å². The number of aromatic nitrogens is 1. The van der Waals surface area contributed by atoms with E-state index in [4.69, 9.17) is 10.6 Å². The number of nitrogens with zero attached hydrogens (tertiary/aromatic N) is 2. The Bertz CT molecular complexity index is 826. The molecule has 0 fully saturated rings. The van der Waals surface area contributed by atoms with E-state index in [9.17, 15) is 9.18 Å². The summed E-state index contributed by atoms with van der Waals surface area (Å²) in [5.74, 6) is -0.371. The molecule has 0 saturated heterocycles. The summed E-state index contributed by atoms with van der Waals surface area (Å²) in [7, 11) is 1.37. The topological polar surface area (TPSA) is 69.6 Å². The van der Waals surface area contributed by atoms with E-state index in [0.29, 0.717) is 21.4 Å². The molecule has 1 aromatic carbocycles. The summed E-state index contributed by atoms with van der Waals surface area (Å²) < 4.78 is 14.6. The molecule has 0 saturated carbocycles. The number of halogens is 2. The number of nitrogens with two attached hydrogens (primary N) is 1. The second-order valence-corrected chi connectivity index (χ2v) is 5.54. The molecule has 1 aromatic heterocycles. The lowest BCUT2D eigenvalue weighted by atomic mass is 10.1. The molecule has 0 unspecified atom stereocenters. The van der Waals surface area contributed by atoms with Gasteiger partial charge in [0.25, 0.3) is 5.56 Å². The molecule has 2 rings (SSSR count). The van der Waals surface area contributed by atoms with E-state index in [-0.39, 0.29) is 11.4 Å². The minimum Gasteiger partial charge on any atom is -0.413 e. The summed E-state index contributed by atoms with van der Waals surface area (Å²) in [5.41, 5.74) is 7.29. The fraction of sp³-hybridized carbons (Fsp3) is 0.125. The molecule has 0 amide bonds. The van der Waals surface area contributed by atoms with E-state index in [1.807, 2.05) is 0 Å². The van der Waals surface area contributed by atoms with Crippen LogP contribution in [0.15, 0.2) is 56.4 Å². The predicted octanol–water partition coefficient (Wildman–Crippen LogP) is 3.04. The van der Waals surface area contributed by atoms with Gasteiger partial charge < -0.3 is 10.6 Å². The first-order valence-corrected chi connectivity index (χ1v) is 7.45. The Labute approximate surface area is 141 Å². The first-order valence-electron chi connectivity index (χ1n) is 6.66. The lowest BCUT2D eigenvalue weighted by Gasteiger charge is -2.14. The van der Waals surface area contributed by atoms with Crippen LogP contribution in [0.1, 0.15) is 6.92 Å². The Kier molecular flexibility index (Phi) is 5.33. The van der Waals surface area contributed by atoms with Crippen LogP contribution in [0.3, 0.4) is 0 Å². The van der Waals surface area contributed by atoms with Crippen molar-refractivity contribution in [3.8, 4) is 11.3 Å². The monoisotopic (exact) mass is 379 g/mol. The average Bonchev–Trinajstić information content (AvgIpc) is 2.56. The third-order valence-electron chi connectivity index (χ3n) is 3.07. The van der Waals surface area contributed by atoms with Crippen molar-refractivity contribution < 1.29 is 9.23 Å². The number of pyridine rings is 1. The van der Waals surface area contributed by atoms with Gasteiger partial charge in [0, 0.05) is 11.8 Å². The van der Waals surface area contributed by atoms with Crippen molar-refractivity contribution in [2.75, 3.05) is 7.11 Å². The number of benzene rings is 1. The van der Waals surface area contributed by atoms with Gasteiger partial charge in [0.2, 0.25) is 0 Å². The first kappa shape index (κ1) is 17.0. The molecular weight excluding hydrogens is 365 g/mol. The van der Waals surface area contributed by atoms with Crippen molar-refractivity contribution in [2.45, 2.75) is 6.92 Å². The van der Waals surface area contributed by atoms with Crippen LogP contribution in [0.25, 0.3) is 11.3 Å². The molecular formula is C16H15BrFN3O2. The van der Waals surface area contributed by atoms with E-state index < -0.39 is 0 Å². The fourth-order valence-corrected chi connectivity index (χ4v) is 2.29. The number of allylic oxidation sites excluding steroid dienone is 1. The van der Waals surface area contributed by atoms with Crippen molar-refractivity contribution in [3.63, 3.8) is 0 Å². The van der Waals surface area contributed by atoms with Gasteiger partial charge in [0.1, 0.15) is 18.6 Å². The average molecular weight is 380 g/mol. The Balaban J connectivity index is 2.74. The number of aliphatic imine (C=N–C) groups is 1. The van der Waals surface area contributed by atoms with Gasteiger partial charge in [0.05, 0.1) is 10.2 Å². The molecule has 0 spiro atoms. The van der Waals surface area contributed by atoms with Gasteiger partial charge >= 0.3 is 0 Å². The Morgan fingerprint density at radius 1 is 1.39 bits per heavy atom. The summed E-state index contributed by atoms with van der Waals surface area (Å²) in [6.07, 6.45) is 2.99. The van der Waals surface area contributed by atoms with Gasteiger partial charge in [-0.1, -0.05) is 0 Å². The molecule has 2 N–H and O–H groups in total. The molecule has 5 nitrogen and oxygen atoms in total. The van der Waals surface area contributed by atoms with Gasteiger partial charge in [-0.15, -0.1) is 4.73 Å². The maximum Gasteiger partial charge on any atom is 0.298 e. The minimum atomic E-state index is -0.378. The largest absolute Gasteiger partial charge is 0.413 e. The van der Waals surface area contributed by atoms with Gasteiger partial charge in [0.15, 0.2) is 0 Å². The number of rotatable bonds is 4. The van der Waals surface area contributed by atoms with Crippen LogP contribution >= 0.6 is 15.9 Å². The van der Waals surface area contributed by atoms with Crippen LogP contribution in [-0.2, 0) is 0 Å². The van der Waals surface area contributed by atoms with Gasteiger partial charge in [-0.3, -0.25) is 9.79 Å². The molecule has 0 bridgehead atoms. The fourth-order valence-electron chi connectivity index (χ4n) is 1.91. The molecule has 0 aliphatic rings. The normalized spacial score (nSPS) is 11.9. The summed E-state index contributed by atoms with van der Waals surface area (Å²) in [6.45, 7) is 1.79. The second-order valence-electron chi connectivity index (χ2n) is 4.68. The molecule has 0 aliphatic heterocycles. The van der Waals surface area contributed by atoms with E-state index in [1.54, 1.807) is 31.3 Å². The predicted molar refractivity (Wildman–Crippen MR) is 92.4 cm³/mol. The summed E-state index contributed by atoms with van der Waals surface area (Å²) in [4.78, 5) is 21.8. The van der Waals surface area contributed by atoms with Crippen molar-refractivity contribution in [2.24, 2.45) is 10.7 Å². The highest BCUT2D eigenvalue weighted by molar-refractivity contribution is 9.10. The maximum atomic E-state index is 13.2. The zero-order valence-corrected chi connectivity index (χ0v) is 14.2. The van der Waals surface area contributed by atoms with Crippen LogP contribution in [-0.4, -0.2) is 18.1 Å². The third kappa shape index (κ3) is 3.68. The zero-order valence-electron chi connectivity index (χ0n) is 12.6. The van der Waals surface area contributed by atoms with E-state index in [2.05, 4.69) is 20.9 Å². The Hall–Kier alpha value is -2.41. The van der Waals surface area contributed by atoms with Crippen molar-refractivity contribution in [1.82, 2.24) is 4.73 Å². The van der Waals surface area contributed by atoms with Crippen molar-refractivity contribution >= 4 is 27.8 Å². The highest BCUT2D eigenvalue weighted by atomic mass is 79.9. The molecule has 120 valence electrons. The highest BCUT2D eigenvalue weighted by Crippen LogP contribution is 2.30. The molecule has 0 radical (unpaired) electrons. The van der Waals surface area contributed by atoms with Gasteiger partial charge in [-0.05, 0) is 65.0 Å². The maximum absolute atomic E-state index is 13.2. The highest BCUT2D eigenvalue weighted by Gasteiger charge is 2.16. The summed E-state index contributed by atoms with van der Waals surface area (Å²) in [6, 6.07) is 7.30. The van der Waals surface area contributed by atoms with Crippen LogP contribution < -0.4 is 16.1 Å². The third-order valence-corrected chi connectivity index (χ3v) is 3.64. The van der Waals surface area contributed by atoms with Crippen molar-refractivity contribution in [1.29, 1.82) is 0 Å². The van der Waals surface area contributed by atoms with E-state index >= 15 is 0 Å². The van der Waals surface area contributed by atoms with Crippen LogP contribution in [0.2, 0.25) is 0 Å². The molecule has 2 aromatic rings. The lowest BCUT2D eigenvalue weighted by molar-refractivity contribution is 0.161. The van der Waals surface area contributed by atoms with Gasteiger partial charge in [-0.25, -0.2) is 4.39 Å². The molecule has 1 heterocycles. The molecule has 7 heteroatoms. The van der Waals surface area contributed by atoms with Crippen LogP contribution in [0, 0.1) is 5.82 Å². The Morgan fingerprint density at radius 2 is 2.04 bits per heavy atom. The number of hydrogen-bond acceptors (Lipinski definition) is 4. The van der Waals surface area contributed by atoms with Gasteiger partial charge in [-0.2, -0.15) is 0 Å². The van der Waals surface area contributed by atoms with Crippen LogP contribution in [0.4, 0.5) is 10.1 Å². The first-order chi connectivity index (χ1) is 11.0. The quantitative estimate of drug-likeness (QED) is 0.829. The zero-order chi connectivity index (χ0) is 17.0. The SMILES string of the molecule is COn1c(-c2ccc(F)cc2)c(N=CC(C)=CN)cc(Br)c1=O. The summed E-state index contributed by atoms with van der Waals surface area (Å²) in [5, 5.41) is 0. The van der Waals surface area contributed by atoms with E-state index in [0.717, 1.165) is 10.3 Å². The lowest BCUT2D eigenvalue weighted by Crippen LogP contribution is -2.27. The summed E-state index contributed by atoms with van der Waals surface area (Å²) >= 11 is 3.19. The van der Waals surface area contributed by atoms with E-state index in [1.165, 1.54) is 25.4 Å². The second kappa shape index (κ2) is 7.23. The standard InChI is InChI=1S/C16H15BrFN3O2/c1-10(8-19)9-20-14-7-13(17)16(22)21(23-2)15(14)11-3-5-12(18)6-4-11/h3-9H,19H2,1-2H3. The molecule has 0 aliphatic carbocycles. The Morgan fingerprint density at radius 3 is 2.61 bits per heavy atom.